The van der Waals surface area contributed by atoms with Gasteiger partial charge in [-0.25, -0.2) is 0 Å². The first-order chi connectivity index (χ1) is 12.0. The third-order valence-electron chi connectivity index (χ3n) is 3.39. The minimum atomic E-state index is -0.716. The van der Waals surface area contributed by atoms with E-state index in [1.807, 2.05) is 0 Å². The molecule has 0 aliphatic heterocycles. The summed E-state index contributed by atoms with van der Waals surface area (Å²) >= 11 is 0. The Morgan fingerprint density at radius 1 is 1.08 bits per heavy atom. The molecule has 6 nitrogen and oxygen atoms in total. The maximum atomic E-state index is 12.2. The Bertz CT molecular complexity index is 727. The van der Waals surface area contributed by atoms with Crippen molar-refractivity contribution in [2.24, 2.45) is 0 Å². The summed E-state index contributed by atoms with van der Waals surface area (Å²) < 4.78 is 15.7. The summed E-state index contributed by atoms with van der Waals surface area (Å²) in [6, 6.07) is 13.7. The van der Waals surface area contributed by atoms with Crippen molar-refractivity contribution in [1.82, 2.24) is 0 Å². The van der Waals surface area contributed by atoms with Crippen LogP contribution >= 0.6 is 0 Å². The number of hydrogen-bond acceptors (Lipinski definition) is 5. The second kappa shape index (κ2) is 8.84. The first kappa shape index (κ1) is 18.5. The van der Waals surface area contributed by atoms with Crippen molar-refractivity contribution in [3.8, 4) is 11.5 Å². The molecule has 0 spiro atoms. The van der Waals surface area contributed by atoms with Crippen LogP contribution in [-0.4, -0.2) is 31.7 Å². The first-order valence-corrected chi connectivity index (χ1v) is 7.80. The minimum absolute atomic E-state index is 0.0571. The highest BCUT2D eigenvalue weighted by Crippen LogP contribution is 2.18. The lowest BCUT2D eigenvalue weighted by Gasteiger charge is -2.15. The number of nitrogens with one attached hydrogen (secondary N) is 1. The highest BCUT2D eigenvalue weighted by molar-refractivity contribution is 5.95. The zero-order chi connectivity index (χ0) is 18.2. The maximum Gasteiger partial charge on any atom is 0.265 e. The van der Waals surface area contributed by atoms with E-state index < -0.39 is 6.10 Å². The van der Waals surface area contributed by atoms with Crippen LogP contribution < -0.4 is 14.8 Å². The van der Waals surface area contributed by atoms with Gasteiger partial charge in [0.05, 0.1) is 0 Å². The molecular weight excluding hydrogens is 322 g/mol. The Balaban J connectivity index is 1.93. The lowest BCUT2D eigenvalue weighted by molar-refractivity contribution is -0.122. The minimum Gasteiger partial charge on any atom is -0.481 e. The van der Waals surface area contributed by atoms with E-state index in [9.17, 15) is 9.59 Å². The topological polar surface area (TPSA) is 73.9 Å². The van der Waals surface area contributed by atoms with Gasteiger partial charge in [0.15, 0.2) is 18.7 Å². The molecule has 2 aromatic rings. The van der Waals surface area contributed by atoms with Crippen LogP contribution in [0.4, 0.5) is 5.69 Å². The normalized spacial score (nSPS) is 11.5. The van der Waals surface area contributed by atoms with Gasteiger partial charge in [-0.3, -0.25) is 9.59 Å². The number of hydrogen-bond donors (Lipinski definition) is 1. The molecule has 0 saturated heterocycles. The molecule has 132 valence electrons. The lowest BCUT2D eigenvalue weighted by atomic mass is 10.1. The van der Waals surface area contributed by atoms with Crippen molar-refractivity contribution in [3.63, 3.8) is 0 Å². The van der Waals surface area contributed by atoms with E-state index in [4.69, 9.17) is 14.2 Å². The predicted molar refractivity (Wildman–Crippen MR) is 94.1 cm³/mol. The zero-order valence-corrected chi connectivity index (χ0v) is 14.4. The standard InChI is InChI=1S/C19H21NO5/c1-13(21)15-5-4-6-18(11-15)25-14(2)19(22)20-16-7-9-17(10-8-16)24-12-23-3/h4-11,14H,12H2,1-3H3,(H,20,22)/t14-/m1/s1. The molecule has 2 rings (SSSR count). The maximum absolute atomic E-state index is 12.2. The molecule has 0 bridgehead atoms. The van der Waals surface area contributed by atoms with Crippen LogP contribution in [0.3, 0.4) is 0 Å². The number of benzene rings is 2. The SMILES string of the molecule is COCOc1ccc(NC(=O)[C@@H](C)Oc2cccc(C(C)=O)c2)cc1. The van der Waals surface area contributed by atoms with Crippen molar-refractivity contribution < 1.29 is 23.8 Å². The quantitative estimate of drug-likeness (QED) is 0.588. The fourth-order valence-corrected chi connectivity index (χ4v) is 2.05. The molecule has 0 heterocycles. The third-order valence-corrected chi connectivity index (χ3v) is 3.39. The molecule has 0 unspecified atom stereocenters. The van der Waals surface area contributed by atoms with Crippen LogP contribution in [0.2, 0.25) is 0 Å². The molecule has 0 aliphatic carbocycles. The van der Waals surface area contributed by atoms with Crippen LogP contribution in [0.15, 0.2) is 48.5 Å². The monoisotopic (exact) mass is 343 g/mol. The molecule has 1 N–H and O–H groups in total. The number of rotatable bonds is 8. The number of ether oxygens (including phenoxy) is 3. The summed E-state index contributed by atoms with van der Waals surface area (Å²) in [7, 11) is 1.54. The molecule has 0 fully saturated rings. The third kappa shape index (κ3) is 5.61. The summed E-state index contributed by atoms with van der Waals surface area (Å²) in [5, 5.41) is 2.76. The van der Waals surface area contributed by atoms with Crippen molar-refractivity contribution >= 4 is 17.4 Å². The summed E-state index contributed by atoms with van der Waals surface area (Å²) in [6.45, 7) is 3.29. The van der Waals surface area contributed by atoms with Gasteiger partial charge in [0, 0.05) is 18.4 Å². The highest BCUT2D eigenvalue weighted by Gasteiger charge is 2.15. The van der Waals surface area contributed by atoms with Crippen LogP contribution in [0.1, 0.15) is 24.2 Å². The Labute approximate surface area is 146 Å². The number of anilines is 1. The molecular formula is C19H21NO5. The van der Waals surface area contributed by atoms with E-state index in [0.717, 1.165) is 0 Å². The second-order valence-electron chi connectivity index (χ2n) is 5.41. The van der Waals surface area contributed by atoms with E-state index >= 15 is 0 Å². The van der Waals surface area contributed by atoms with Crippen molar-refractivity contribution in [3.05, 3.63) is 54.1 Å². The van der Waals surface area contributed by atoms with E-state index in [0.29, 0.717) is 22.7 Å². The van der Waals surface area contributed by atoms with Gasteiger partial charge >= 0.3 is 0 Å². The summed E-state index contributed by atoms with van der Waals surface area (Å²) in [5.74, 6) is 0.765. The highest BCUT2D eigenvalue weighted by atomic mass is 16.7. The largest absolute Gasteiger partial charge is 0.481 e. The molecule has 0 aliphatic rings. The van der Waals surface area contributed by atoms with Gasteiger partial charge in [-0.2, -0.15) is 0 Å². The number of methoxy groups -OCH3 is 1. The average molecular weight is 343 g/mol. The molecule has 0 aromatic heterocycles. The van der Waals surface area contributed by atoms with Gasteiger partial charge in [-0.15, -0.1) is 0 Å². The van der Waals surface area contributed by atoms with Gasteiger partial charge in [-0.05, 0) is 50.2 Å². The van der Waals surface area contributed by atoms with Crippen molar-refractivity contribution in [2.75, 3.05) is 19.2 Å². The summed E-state index contributed by atoms with van der Waals surface area (Å²) in [5.41, 5.74) is 1.17. The molecule has 25 heavy (non-hydrogen) atoms. The van der Waals surface area contributed by atoms with Gasteiger partial charge in [0.1, 0.15) is 11.5 Å². The van der Waals surface area contributed by atoms with Gasteiger partial charge in [-0.1, -0.05) is 12.1 Å². The summed E-state index contributed by atoms with van der Waals surface area (Å²) in [6.07, 6.45) is -0.716. The second-order valence-corrected chi connectivity index (χ2v) is 5.41. The Kier molecular flexibility index (Phi) is 6.54. The first-order valence-electron chi connectivity index (χ1n) is 7.80. The average Bonchev–Trinajstić information content (AvgIpc) is 2.61. The van der Waals surface area contributed by atoms with Crippen LogP contribution in [-0.2, 0) is 9.53 Å². The Hall–Kier alpha value is -2.86. The molecule has 2 aromatic carbocycles. The van der Waals surface area contributed by atoms with Gasteiger partial charge in [0.25, 0.3) is 5.91 Å². The predicted octanol–water partition coefficient (Wildman–Crippen LogP) is 3.28. The Morgan fingerprint density at radius 3 is 2.44 bits per heavy atom. The van der Waals surface area contributed by atoms with Gasteiger partial charge in [0.2, 0.25) is 0 Å². The number of carbonyl (C=O) groups is 2. The van der Waals surface area contributed by atoms with Crippen molar-refractivity contribution in [1.29, 1.82) is 0 Å². The molecule has 1 atom stereocenters. The fraction of sp³-hybridized carbons (Fsp3) is 0.263. The molecule has 0 radical (unpaired) electrons. The Morgan fingerprint density at radius 2 is 1.80 bits per heavy atom. The summed E-state index contributed by atoms with van der Waals surface area (Å²) in [4.78, 5) is 23.6. The van der Waals surface area contributed by atoms with Gasteiger partial charge < -0.3 is 19.5 Å². The van der Waals surface area contributed by atoms with E-state index in [2.05, 4.69) is 5.32 Å². The van der Waals surface area contributed by atoms with Crippen LogP contribution in [0.25, 0.3) is 0 Å². The van der Waals surface area contributed by atoms with Crippen LogP contribution in [0.5, 0.6) is 11.5 Å². The zero-order valence-electron chi connectivity index (χ0n) is 14.4. The number of amides is 1. The molecule has 6 heteroatoms. The molecule has 0 saturated carbocycles. The van der Waals surface area contributed by atoms with E-state index in [1.54, 1.807) is 62.6 Å². The van der Waals surface area contributed by atoms with Crippen molar-refractivity contribution in [2.45, 2.75) is 20.0 Å². The van der Waals surface area contributed by atoms with E-state index in [-0.39, 0.29) is 18.5 Å². The number of Topliss-reactive ketones (excluding diaryl/α,β-unsaturated/α-hetero) is 1. The molecule has 1 amide bonds. The lowest BCUT2D eigenvalue weighted by Crippen LogP contribution is -2.30. The smallest absolute Gasteiger partial charge is 0.265 e. The van der Waals surface area contributed by atoms with Crippen LogP contribution in [0, 0.1) is 0 Å². The number of carbonyl (C=O) groups excluding carboxylic acids is 2. The van der Waals surface area contributed by atoms with E-state index in [1.165, 1.54) is 6.92 Å². The fourth-order valence-electron chi connectivity index (χ4n) is 2.05. The number of ketones is 1.